The van der Waals surface area contributed by atoms with E-state index in [0.29, 0.717) is 28.4 Å². The third kappa shape index (κ3) is 4.05. The molecule has 8 nitrogen and oxygen atoms in total. The monoisotopic (exact) mass is 598 g/mol. The maximum absolute atomic E-state index is 14.1. The molecule has 0 aromatic heterocycles. The number of esters is 1. The van der Waals surface area contributed by atoms with Gasteiger partial charge in [-0.15, -0.1) is 0 Å². The molecule has 45 heavy (non-hydrogen) atoms. The Hall–Kier alpha value is -5.24. The van der Waals surface area contributed by atoms with Crippen LogP contribution in [0.3, 0.4) is 0 Å². The van der Waals surface area contributed by atoms with Crippen LogP contribution in [-0.2, 0) is 19.2 Å². The highest BCUT2D eigenvalue weighted by molar-refractivity contribution is 6.23. The third-order valence-corrected chi connectivity index (χ3v) is 9.90. The van der Waals surface area contributed by atoms with Crippen molar-refractivity contribution in [3.05, 3.63) is 119 Å². The number of benzene rings is 4. The topological polar surface area (TPSA) is 93.2 Å². The first kappa shape index (κ1) is 27.3. The molecule has 3 aliphatic carbocycles. The molecule has 4 aromatic carbocycles. The Kier molecular flexibility index (Phi) is 6.17. The number of anilines is 2. The van der Waals surface area contributed by atoms with Gasteiger partial charge in [0.2, 0.25) is 17.7 Å². The number of methoxy groups -OCH3 is 1. The minimum atomic E-state index is -0.632. The van der Waals surface area contributed by atoms with Crippen LogP contribution in [0.4, 0.5) is 11.4 Å². The average molecular weight is 599 g/mol. The van der Waals surface area contributed by atoms with E-state index in [9.17, 15) is 19.2 Å². The molecule has 5 aliphatic rings. The fourth-order valence-corrected chi connectivity index (χ4v) is 7.95. The Balaban J connectivity index is 1.04. The van der Waals surface area contributed by atoms with Crippen LogP contribution in [0.5, 0.6) is 11.5 Å². The van der Waals surface area contributed by atoms with Gasteiger partial charge in [-0.3, -0.25) is 19.2 Å². The van der Waals surface area contributed by atoms with Gasteiger partial charge in [-0.25, -0.2) is 4.90 Å². The van der Waals surface area contributed by atoms with Crippen molar-refractivity contribution in [3.63, 3.8) is 0 Å². The summed E-state index contributed by atoms with van der Waals surface area (Å²) in [4.78, 5) is 57.1. The van der Waals surface area contributed by atoms with E-state index in [-0.39, 0.29) is 42.5 Å². The summed E-state index contributed by atoms with van der Waals surface area (Å²) in [5.41, 5.74) is 6.30. The van der Waals surface area contributed by atoms with Crippen molar-refractivity contribution >= 4 is 35.1 Å². The van der Waals surface area contributed by atoms with Gasteiger partial charge in [0, 0.05) is 36.6 Å². The smallest absolute Gasteiger partial charge is 0.316 e. The summed E-state index contributed by atoms with van der Waals surface area (Å²) in [6.07, 6.45) is 0.0414. The second-order valence-electron chi connectivity index (χ2n) is 12.3. The Morgan fingerprint density at radius 1 is 0.733 bits per heavy atom. The second-order valence-corrected chi connectivity index (χ2v) is 12.3. The Labute approximate surface area is 260 Å². The molecule has 3 amide bonds. The molecule has 4 aromatic rings. The first-order valence-corrected chi connectivity index (χ1v) is 15.2. The molecular formula is C37H30N2O6. The van der Waals surface area contributed by atoms with E-state index in [0.717, 1.165) is 22.3 Å². The summed E-state index contributed by atoms with van der Waals surface area (Å²) in [6.45, 7) is 2.01. The van der Waals surface area contributed by atoms with Crippen LogP contribution in [0.15, 0.2) is 91.0 Å². The Morgan fingerprint density at radius 2 is 1.33 bits per heavy atom. The van der Waals surface area contributed by atoms with Crippen LogP contribution in [0.25, 0.3) is 0 Å². The standard InChI is InChI=1S/C37H30N2O6/c1-20-16-24(45-37(43)21-17-30(40)38(19-21)22-8-7-9-23(18-22)44-2)14-15-29(20)39-35(41)33-31-25-10-3-4-11-26(25)32(34(33)36(39)42)28-13-6-5-12-27(28)31/h3-16,18,21,31-34H,17,19H2,1-2H3/t21-,31?,32?,33-,34+/m1/s1. The molecule has 0 N–H and O–H groups in total. The number of ether oxygens (including phenoxy) is 2. The highest BCUT2D eigenvalue weighted by atomic mass is 16.5. The van der Waals surface area contributed by atoms with Crippen LogP contribution >= 0.6 is 0 Å². The summed E-state index contributed by atoms with van der Waals surface area (Å²) in [6, 6.07) is 28.4. The number of imide groups is 1. The Bertz CT molecular complexity index is 1820. The van der Waals surface area contributed by atoms with Crippen molar-refractivity contribution in [2.45, 2.75) is 25.2 Å². The fourth-order valence-electron chi connectivity index (χ4n) is 7.95. The number of rotatable bonds is 5. The number of hydrogen-bond acceptors (Lipinski definition) is 6. The lowest BCUT2D eigenvalue weighted by atomic mass is 9.55. The van der Waals surface area contributed by atoms with Gasteiger partial charge in [0.25, 0.3) is 0 Å². The number of carbonyl (C=O) groups excluding carboxylic acids is 4. The lowest BCUT2D eigenvalue weighted by molar-refractivity contribution is -0.139. The van der Waals surface area contributed by atoms with Gasteiger partial charge in [0.05, 0.1) is 30.6 Å². The Morgan fingerprint density at radius 3 is 1.89 bits per heavy atom. The van der Waals surface area contributed by atoms with E-state index in [4.69, 9.17) is 9.47 Å². The average Bonchev–Trinajstić information content (AvgIpc) is 3.58. The molecule has 0 spiro atoms. The van der Waals surface area contributed by atoms with Crippen LogP contribution in [0.2, 0.25) is 0 Å². The molecule has 2 saturated heterocycles. The predicted molar refractivity (Wildman–Crippen MR) is 166 cm³/mol. The molecule has 2 heterocycles. The largest absolute Gasteiger partial charge is 0.497 e. The van der Waals surface area contributed by atoms with Crippen molar-refractivity contribution in [2.75, 3.05) is 23.5 Å². The third-order valence-electron chi connectivity index (χ3n) is 9.90. The zero-order valence-corrected chi connectivity index (χ0v) is 24.8. The predicted octanol–water partition coefficient (Wildman–Crippen LogP) is 5.36. The van der Waals surface area contributed by atoms with Crippen molar-refractivity contribution < 1.29 is 28.7 Å². The number of carbonyl (C=O) groups is 4. The highest BCUT2D eigenvalue weighted by Gasteiger charge is 2.61. The first-order valence-electron chi connectivity index (χ1n) is 15.2. The van der Waals surface area contributed by atoms with Gasteiger partial charge in [-0.1, -0.05) is 54.6 Å². The van der Waals surface area contributed by atoms with Gasteiger partial charge in [0.15, 0.2) is 0 Å². The van der Waals surface area contributed by atoms with Gasteiger partial charge in [-0.05, 0) is 65.1 Å². The summed E-state index contributed by atoms with van der Waals surface area (Å²) >= 11 is 0. The van der Waals surface area contributed by atoms with E-state index >= 15 is 0 Å². The molecular weight excluding hydrogens is 568 g/mol. The highest BCUT2D eigenvalue weighted by Crippen LogP contribution is 2.61. The van der Waals surface area contributed by atoms with Crippen LogP contribution in [0.1, 0.15) is 46.1 Å². The van der Waals surface area contributed by atoms with Crippen LogP contribution < -0.4 is 19.3 Å². The van der Waals surface area contributed by atoms with Crippen LogP contribution in [0, 0.1) is 24.7 Å². The zero-order chi connectivity index (χ0) is 31.0. The fraction of sp³-hybridized carbons (Fsp3) is 0.243. The summed E-state index contributed by atoms with van der Waals surface area (Å²) in [5.74, 6) is -2.09. The summed E-state index contributed by atoms with van der Waals surface area (Å²) < 4.78 is 11.0. The van der Waals surface area contributed by atoms with E-state index in [1.54, 1.807) is 61.4 Å². The summed E-state index contributed by atoms with van der Waals surface area (Å²) in [7, 11) is 1.56. The number of nitrogens with zero attached hydrogens (tertiary/aromatic N) is 2. The van der Waals surface area contributed by atoms with Crippen molar-refractivity contribution in [2.24, 2.45) is 17.8 Å². The lowest BCUT2D eigenvalue weighted by Gasteiger charge is -2.45. The molecule has 0 radical (unpaired) electrons. The summed E-state index contributed by atoms with van der Waals surface area (Å²) in [5, 5.41) is 0. The molecule has 3 atom stereocenters. The lowest BCUT2D eigenvalue weighted by Crippen LogP contribution is -2.41. The maximum Gasteiger partial charge on any atom is 0.316 e. The number of hydrogen-bond donors (Lipinski definition) is 0. The molecule has 2 bridgehead atoms. The van der Waals surface area contributed by atoms with E-state index in [2.05, 4.69) is 24.3 Å². The maximum atomic E-state index is 14.1. The van der Waals surface area contributed by atoms with Crippen molar-refractivity contribution in [1.29, 1.82) is 0 Å². The molecule has 0 unspecified atom stereocenters. The van der Waals surface area contributed by atoms with Gasteiger partial charge in [0.1, 0.15) is 11.5 Å². The molecule has 9 rings (SSSR count). The minimum Gasteiger partial charge on any atom is -0.497 e. The molecule has 2 aliphatic heterocycles. The molecule has 224 valence electrons. The molecule has 0 saturated carbocycles. The van der Waals surface area contributed by atoms with Gasteiger partial charge >= 0.3 is 5.97 Å². The number of aryl methyl sites for hydroxylation is 1. The normalized spacial score (nSPS) is 24.4. The van der Waals surface area contributed by atoms with Crippen LogP contribution in [-0.4, -0.2) is 37.3 Å². The van der Waals surface area contributed by atoms with E-state index in [1.165, 1.54) is 4.90 Å². The SMILES string of the molecule is COc1cccc(N2C[C@H](C(=O)Oc3ccc(N4C(=O)[C@@H]5C6c7ccccc7C(c7ccccc76)[C@@H]5C4=O)c(C)c3)CC2=O)c1. The quantitative estimate of drug-likeness (QED) is 0.175. The van der Waals surface area contributed by atoms with Crippen molar-refractivity contribution in [3.8, 4) is 11.5 Å². The van der Waals surface area contributed by atoms with Crippen molar-refractivity contribution in [1.82, 2.24) is 0 Å². The number of amides is 3. The second kappa shape index (κ2) is 10.2. The minimum absolute atomic E-state index is 0.0414. The molecule has 2 fully saturated rings. The van der Waals surface area contributed by atoms with Gasteiger partial charge < -0.3 is 14.4 Å². The van der Waals surface area contributed by atoms with Gasteiger partial charge in [-0.2, -0.15) is 0 Å². The van der Waals surface area contributed by atoms with E-state index in [1.807, 2.05) is 24.3 Å². The molecule has 8 heteroatoms. The zero-order valence-electron chi connectivity index (χ0n) is 24.8. The van der Waals surface area contributed by atoms with E-state index < -0.39 is 23.7 Å². The first-order chi connectivity index (χ1) is 21.9.